The van der Waals surface area contributed by atoms with E-state index in [1.54, 1.807) is 6.92 Å². The Balaban J connectivity index is 1.77. The first-order chi connectivity index (χ1) is 15.8. The Hall–Kier alpha value is -4.25. The third-order valence-corrected chi connectivity index (χ3v) is 5.33. The molecule has 0 saturated heterocycles. The van der Waals surface area contributed by atoms with Crippen molar-refractivity contribution < 1.29 is 9.53 Å². The zero-order valence-electron chi connectivity index (χ0n) is 17.6. The van der Waals surface area contributed by atoms with Crippen LogP contribution in [0.15, 0.2) is 96.1 Å². The SMILES string of the molecule is CCOC(=O)c1c2cccccc-2nc1/N=c1\ccccc2c(-c3ccccc3)c[nH]c12. The van der Waals surface area contributed by atoms with Crippen molar-refractivity contribution in [1.29, 1.82) is 0 Å². The highest BCUT2D eigenvalue weighted by molar-refractivity contribution is 6.02. The Bertz CT molecular complexity index is 1460. The summed E-state index contributed by atoms with van der Waals surface area (Å²) in [7, 11) is 0. The molecule has 1 aromatic heterocycles. The quantitative estimate of drug-likeness (QED) is 0.378. The van der Waals surface area contributed by atoms with Crippen LogP contribution in [0.3, 0.4) is 0 Å². The predicted molar refractivity (Wildman–Crippen MR) is 126 cm³/mol. The number of H-pyrrole nitrogens is 1. The minimum Gasteiger partial charge on any atom is -0.462 e. The zero-order chi connectivity index (χ0) is 21.9. The Morgan fingerprint density at radius 1 is 0.906 bits per heavy atom. The van der Waals surface area contributed by atoms with Gasteiger partial charge in [0.15, 0.2) is 5.82 Å². The lowest BCUT2D eigenvalue weighted by atomic mass is 10.1. The molecule has 0 saturated carbocycles. The molecule has 2 heterocycles. The number of esters is 1. The van der Waals surface area contributed by atoms with Crippen LogP contribution in [0.4, 0.5) is 5.82 Å². The highest BCUT2D eigenvalue weighted by Gasteiger charge is 2.24. The van der Waals surface area contributed by atoms with E-state index in [-0.39, 0.29) is 6.61 Å². The van der Waals surface area contributed by atoms with Gasteiger partial charge in [-0.1, -0.05) is 72.8 Å². The first-order valence-corrected chi connectivity index (χ1v) is 10.5. The fraction of sp³-hybridized carbons (Fsp3) is 0.0741. The van der Waals surface area contributed by atoms with Crippen molar-refractivity contribution in [1.82, 2.24) is 9.97 Å². The van der Waals surface area contributed by atoms with E-state index in [2.05, 4.69) is 28.2 Å². The molecular formula is C27H21N3O2. The van der Waals surface area contributed by atoms with E-state index >= 15 is 0 Å². The lowest BCUT2D eigenvalue weighted by molar-refractivity contribution is 0.0528. The lowest BCUT2D eigenvalue weighted by Gasteiger charge is -2.01. The van der Waals surface area contributed by atoms with E-state index in [4.69, 9.17) is 9.73 Å². The van der Waals surface area contributed by atoms with Crippen LogP contribution in [-0.4, -0.2) is 22.5 Å². The number of hydrogen-bond donors (Lipinski definition) is 1. The van der Waals surface area contributed by atoms with E-state index in [1.165, 1.54) is 0 Å². The van der Waals surface area contributed by atoms with E-state index in [0.717, 1.165) is 27.6 Å². The lowest BCUT2D eigenvalue weighted by Crippen LogP contribution is -2.06. The molecule has 156 valence electrons. The monoisotopic (exact) mass is 419 g/mol. The van der Waals surface area contributed by atoms with Gasteiger partial charge in [-0.05, 0) is 24.6 Å². The smallest absolute Gasteiger partial charge is 0.342 e. The molecule has 0 unspecified atom stereocenters. The Kier molecular flexibility index (Phi) is 5.22. The van der Waals surface area contributed by atoms with Crippen molar-refractivity contribution in [2.75, 3.05) is 6.61 Å². The second-order valence-electron chi connectivity index (χ2n) is 7.31. The number of nitrogens with one attached hydrogen (secondary N) is 1. The molecule has 2 aliphatic rings. The molecule has 32 heavy (non-hydrogen) atoms. The second-order valence-corrected chi connectivity index (χ2v) is 7.31. The molecule has 0 radical (unpaired) electrons. The summed E-state index contributed by atoms with van der Waals surface area (Å²) in [6, 6.07) is 27.5. The summed E-state index contributed by atoms with van der Waals surface area (Å²) < 4.78 is 5.32. The van der Waals surface area contributed by atoms with Crippen LogP contribution in [0, 0.1) is 0 Å². The molecule has 0 atom stereocenters. The molecule has 0 bridgehead atoms. The van der Waals surface area contributed by atoms with Crippen molar-refractivity contribution in [3.05, 3.63) is 102 Å². The maximum Gasteiger partial charge on any atom is 0.342 e. The van der Waals surface area contributed by atoms with Crippen LogP contribution in [0.1, 0.15) is 17.3 Å². The van der Waals surface area contributed by atoms with Gasteiger partial charge in [0.05, 0.1) is 23.2 Å². The van der Waals surface area contributed by atoms with E-state index < -0.39 is 5.97 Å². The Morgan fingerprint density at radius 2 is 1.62 bits per heavy atom. The molecule has 1 aliphatic heterocycles. The number of hydrogen-bond acceptors (Lipinski definition) is 4. The van der Waals surface area contributed by atoms with E-state index in [9.17, 15) is 4.79 Å². The fourth-order valence-corrected chi connectivity index (χ4v) is 3.89. The summed E-state index contributed by atoms with van der Waals surface area (Å²) in [6.07, 6.45) is 1.99. The maximum atomic E-state index is 12.8. The molecular weight excluding hydrogens is 398 g/mol. The summed E-state index contributed by atoms with van der Waals surface area (Å²) in [6.45, 7) is 2.07. The van der Waals surface area contributed by atoms with Gasteiger partial charge >= 0.3 is 5.97 Å². The minimum absolute atomic E-state index is 0.283. The third-order valence-electron chi connectivity index (χ3n) is 5.33. The van der Waals surface area contributed by atoms with Crippen molar-refractivity contribution in [2.24, 2.45) is 4.99 Å². The summed E-state index contributed by atoms with van der Waals surface area (Å²) in [5.41, 5.74) is 4.89. The summed E-state index contributed by atoms with van der Waals surface area (Å²) in [5.74, 6) is -0.0685. The largest absolute Gasteiger partial charge is 0.462 e. The van der Waals surface area contributed by atoms with E-state index in [1.807, 2.05) is 72.9 Å². The van der Waals surface area contributed by atoms with Gasteiger partial charge in [0, 0.05) is 22.7 Å². The third kappa shape index (κ3) is 3.54. The van der Waals surface area contributed by atoms with Gasteiger partial charge in [0.1, 0.15) is 5.56 Å². The molecule has 0 amide bonds. The molecule has 2 aromatic carbocycles. The maximum absolute atomic E-state index is 12.8. The normalized spacial score (nSPS) is 11.7. The highest BCUT2D eigenvalue weighted by atomic mass is 16.5. The van der Waals surface area contributed by atoms with Crippen molar-refractivity contribution in [3.63, 3.8) is 0 Å². The van der Waals surface area contributed by atoms with Gasteiger partial charge in [-0.15, -0.1) is 0 Å². The average molecular weight is 419 g/mol. The number of rotatable bonds is 4. The number of fused-ring (bicyclic) bond motifs is 2. The number of benzene rings is 1. The summed E-state index contributed by atoms with van der Waals surface area (Å²) in [5, 5.41) is 1.74. The molecule has 5 nitrogen and oxygen atoms in total. The number of aromatic nitrogens is 2. The minimum atomic E-state index is -0.423. The Morgan fingerprint density at radius 3 is 2.44 bits per heavy atom. The highest BCUT2D eigenvalue weighted by Crippen LogP contribution is 2.33. The summed E-state index contributed by atoms with van der Waals surface area (Å²) >= 11 is 0. The first-order valence-electron chi connectivity index (χ1n) is 10.5. The number of carbonyl (C=O) groups excluding carboxylic acids is 1. The number of ether oxygens (including phenoxy) is 1. The summed E-state index contributed by atoms with van der Waals surface area (Å²) in [4.78, 5) is 25.7. The van der Waals surface area contributed by atoms with Crippen molar-refractivity contribution in [2.45, 2.75) is 6.92 Å². The fourth-order valence-electron chi connectivity index (χ4n) is 3.89. The molecule has 3 aromatic rings. The number of carbonyl (C=O) groups is 1. The second kappa shape index (κ2) is 8.47. The van der Waals surface area contributed by atoms with Gasteiger partial charge in [-0.3, -0.25) is 0 Å². The van der Waals surface area contributed by atoms with Gasteiger partial charge < -0.3 is 9.72 Å². The van der Waals surface area contributed by atoms with Gasteiger partial charge in [0.2, 0.25) is 0 Å². The topological polar surface area (TPSA) is 67.3 Å². The standard InChI is InChI=1S/C27H21N3O2/c1-2-32-27(31)24-20-14-7-4-8-15-22(20)29-26(24)30-23-16-10-9-13-19-21(17-28-25(19)23)18-11-5-3-6-12-18/h3-17,28H,2H2,1H3/b30-23+. The molecule has 0 spiro atoms. The molecule has 5 rings (SSSR count). The average Bonchev–Trinajstić information content (AvgIpc) is 3.21. The Labute approximate surface area is 185 Å². The van der Waals surface area contributed by atoms with Crippen molar-refractivity contribution >= 4 is 22.7 Å². The van der Waals surface area contributed by atoms with Crippen molar-refractivity contribution in [3.8, 4) is 22.4 Å². The van der Waals surface area contributed by atoms with Crippen LogP contribution in [0.5, 0.6) is 0 Å². The van der Waals surface area contributed by atoms with Crippen LogP contribution in [0.25, 0.3) is 33.3 Å². The molecule has 0 fully saturated rings. The van der Waals surface area contributed by atoms with Gasteiger partial charge in [-0.25, -0.2) is 14.8 Å². The zero-order valence-corrected chi connectivity index (χ0v) is 17.6. The van der Waals surface area contributed by atoms with Gasteiger partial charge in [0.25, 0.3) is 0 Å². The van der Waals surface area contributed by atoms with Crippen LogP contribution >= 0.6 is 0 Å². The first kappa shape index (κ1) is 19.7. The van der Waals surface area contributed by atoms with E-state index in [0.29, 0.717) is 22.4 Å². The molecule has 5 heteroatoms. The van der Waals surface area contributed by atoms with Crippen LogP contribution in [-0.2, 0) is 4.74 Å². The molecule has 1 aliphatic carbocycles. The number of aromatic amines is 1. The molecule has 1 N–H and O–H groups in total. The van der Waals surface area contributed by atoms with Crippen LogP contribution < -0.4 is 5.36 Å². The van der Waals surface area contributed by atoms with Crippen LogP contribution in [0.2, 0.25) is 0 Å². The number of nitrogens with zero attached hydrogens (tertiary/aromatic N) is 2. The van der Waals surface area contributed by atoms with Gasteiger partial charge in [-0.2, -0.15) is 0 Å². The predicted octanol–water partition coefficient (Wildman–Crippen LogP) is 5.74.